The molecule has 0 aliphatic carbocycles. The molecule has 0 saturated carbocycles. The lowest BCUT2D eigenvalue weighted by Crippen LogP contribution is -2.44. The van der Waals surface area contributed by atoms with Gasteiger partial charge < -0.3 is 5.32 Å². The van der Waals surface area contributed by atoms with E-state index in [9.17, 15) is 12.8 Å². The Hall–Kier alpha value is -0.690. The quantitative estimate of drug-likeness (QED) is 0.900. The van der Waals surface area contributed by atoms with Crippen LogP contribution in [-0.4, -0.2) is 38.9 Å². The SMILES string of the molecule is CNCCC1CCCCN1S(=O)(=O)c1ccc(F)cc1Cl. The summed E-state index contributed by atoms with van der Waals surface area (Å²) in [6, 6.07) is 3.39. The van der Waals surface area contributed by atoms with Gasteiger partial charge in [0.05, 0.1) is 5.02 Å². The predicted octanol–water partition coefficient (Wildman–Crippen LogP) is 2.63. The molecule has 2 rings (SSSR count). The van der Waals surface area contributed by atoms with E-state index in [2.05, 4.69) is 5.32 Å². The minimum absolute atomic E-state index is 0.0121. The summed E-state index contributed by atoms with van der Waals surface area (Å²) < 4.78 is 40.2. The van der Waals surface area contributed by atoms with Gasteiger partial charge in [0, 0.05) is 12.6 Å². The summed E-state index contributed by atoms with van der Waals surface area (Å²) in [6.07, 6.45) is 3.47. The van der Waals surface area contributed by atoms with Crippen LogP contribution in [0.3, 0.4) is 0 Å². The number of piperidine rings is 1. The average molecular weight is 335 g/mol. The summed E-state index contributed by atoms with van der Waals surface area (Å²) in [7, 11) is -1.84. The van der Waals surface area contributed by atoms with E-state index in [0.717, 1.165) is 44.4 Å². The average Bonchev–Trinajstić information content (AvgIpc) is 2.45. The number of nitrogens with one attached hydrogen (secondary N) is 1. The van der Waals surface area contributed by atoms with Crippen molar-refractivity contribution in [1.29, 1.82) is 0 Å². The zero-order valence-corrected chi connectivity index (χ0v) is 13.6. The van der Waals surface area contributed by atoms with Crippen molar-refractivity contribution < 1.29 is 12.8 Å². The first kappa shape index (κ1) is 16.7. The Morgan fingerprint density at radius 1 is 1.43 bits per heavy atom. The molecule has 0 spiro atoms. The number of nitrogens with zero attached hydrogens (tertiary/aromatic N) is 1. The Morgan fingerprint density at radius 2 is 2.19 bits per heavy atom. The molecule has 1 fully saturated rings. The van der Waals surface area contributed by atoms with Crippen molar-refractivity contribution in [2.24, 2.45) is 0 Å². The minimum Gasteiger partial charge on any atom is -0.320 e. The van der Waals surface area contributed by atoms with Gasteiger partial charge in [-0.25, -0.2) is 12.8 Å². The normalized spacial score (nSPS) is 20.6. The topological polar surface area (TPSA) is 49.4 Å². The third-order valence-electron chi connectivity index (χ3n) is 3.78. The van der Waals surface area contributed by atoms with E-state index in [4.69, 9.17) is 11.6 Å². The van der Waals surface area contributed by atoms with Gasteiger partial charge in [-0.05, 0) is 51.1 Å². The Bertz CT molecular complexity index is 595. The van der Waals surface area contributed by atoms with Gasteiger partial charge in [0.15, 0.2) is 0 Å². The largest absolute Gasteiger partial charge is 0.320 e. The maximum absolute atomic E-state index is 13.1. The van der Waals surface area contributed by atoms with Gasteiger partial charge in [-0.1, -0.05) is 18.0 Å². The number of rotatable bonds is 5. The van der Waals surface area contributed by atoms with Gasteiger partial charge in [-0.3, -0.25) is 0 Å². The summed E-state index contributed by atoms with van der Waals surface area (Å²) in [5.74, 6) is -0.538. The highest BCUT2D eigenvalue weighted by molar-refractivity contribution is 7.89. The molecule has 1 aromatic carbocycles. The van der Waals surface area contributed by atoms with Gasteiger partial charge in [0.1, 0.15) is 10.7 Å². The highest BCUT2D eigenvalue weighted by Crippen LogP contribution is 2.30. The molecule has 0 aromatic heterocycles. The molecule has 1 saturated heterocycles. The molecule has 1 aliphatic heterocycles. The molecule has 1 aromatic rings. The molecular weight excluding hydrogens is 315 g/mol. The van der Waals surface area contributed by atoms with Crippen LogP contribution in [0, 0.1) is 5.82 Å². The zero-order valence-electron chi connectivity index (χ0n) is 12.0. The number of hydrogen-bond donors (Lipinski definition) is 1. The van der Waals surface area contributed by atoms with Crippen LogP contribution in [0.25, 0.3) is 0 Å². The molecule has 0 bridgehead atoms. The Labute approximate surface area is 130 Å². The smallest absolute Gasteiger partial charge is 0.244 e. The summed E-state index contributed by atoms with van der Waals surface area (Å²) in [4.78, 5) is -0.0121. The molecule has 118 valence electrons. The standard InChI is InChI=1S/C14H20ClFN2O2S/c1-17-8-7-12-4-2-3-9-18(12)21(19,20)14-6-5-11(16)10-13(14)15/h5-6,10,12,17H,2-4,7-9H2,1H3. The fourth-order valence-corrected chi connectivity index (χ4v) is 4.93. The predicted molar refractivity (Wildman–Crippen MR) is 81.5 cm³/mol. The lowest BCUT2D eigenvalue weighted by molar-refractivity contribution is 0.240. The van der Waals surface area contributed by atoms with E-state index in [1.807, 2.05) is 7.05 Å². The second-order valence-corrected chi connectivity index (χ2v) is 7.50. The fourth-order valence-electron chi connectivity index (χ4n) is 2.70. The van der Waals surface area contributed by atoms with Gasteiger partial charge in [-0.15, -0.1) is 0 Å². The third-order valence-corrected chi connectivity index (χ3v) is 6.22. The van der Waals surface area contributed by atoms with Crippen molar-refractivity contribution in [2.45, 2.75) is 36.6 Å². The van der Waals surface area contributed by atoms with Crippen LogP contribution in [0.2, 0.25) is 5.02 Å². The molecule has 1 atom stereocenters. The first-order valence-electron chi connectivity index (χ1n) is 7.08. The summed E-state index contributed by atoms with van der Waals surface area (Å²) in [6.45, 7) is 1.25. The van der Waals surface area contributed by atoms with Crippen molar-refractivity contribution in [3.8, 4) is 0 Å². The van der Waals surface area contributed by atoms with Crippen LogP contribution >= 0.6 is 11.6 Å². The van der Waals surface area contributed by atoms with Crippen molar-refractivity contribution >= 4 is 21.6 Å². The third kappa shape index (κ3) is 3.74. The Balaban J connectivity index is 2.31. The molecule has 1 aliphatic rings. The molecule has 1 N–H and O–H groups in total. The number of halogens is 2. The van der Waals surface area contributed by atoms with Crippen molar-refractivity contribution in [2.75, 3.05) is 20.1 Å². The Morgan fingerprint density at radius 3 is 2.86 bits per heavy atom. The minimum atomic E-state index is -3.68. The molecule has 21 heavy (non-hydrogen) atoms. The number of hydrogen-bond acceptors (Lipinski definition) is 3. The summed E-state index contributed by atoms with van der Waals surface area (Å²) in [5, 5.41) is 2.99. The van der Waals surface area contributed by atoms with Crippen LogP contribution in [0.5, 0.6) is 0 Å². The summed E-state index contributed by atoms with van der Waals surface area (Å²) in [5.41, 5.74) is 0. The van der Waals surface area contributed by atoms with Crippen molar-refractivity contribution in [1.82, 2.24) is 9.62 Å². The van der Waals surface area contributed by atoms with Crippen LogP contribution in [-0.2, 0) is 10.0 Å². The second kappa shape index (κ2) is 7.05. The van der Waals surface area contributed by atoms with Gasteiger partial charge >= 0.3 is 0 Å². The maximum Gasteiger partial charge on any atom is 0.244 e. The molecule has 0 radical (unpaired) electrons. The Kier molecular flexibility index (Phi) is 5.60. The molecule has 4 nitrogen and oxygen atoms in total. The maximum atomic E-state index is 13.1. The lowest BCUT2D eigenvalue weighted by atomic mass is 10.0. The van der Waals surface area contributed by atoms with Crippen LogP contribution < -0.4 is 5.32 Å². The van der Waals surface area contributed by atoms with Crippen LogP contribution in [0.1, 0.15) is 25.7 Å². The highest BCUT2D eigenvalue weighted by atomic mass is 35.5. The first-order valence-corrected chi connectivity index (χ1v) is 8.90. The zero-order chi connectivity index (χ0) is 15.5. The molecule has 0 amide bonds. The number of benzene rings is 1. The fraction of sp³-hybridized carbons (Fsp3) is 0.571. The molecule has 7 heteroatoms. The lowest BCUT2D eigenvalue weighted by Gasteiger charge is -2.35. The highest BCUT2D eigenvalue weighted by Gasteiger charge is 2.34. The molecule has 1 unspecified atom stereocenters. The molecular formula is C14H20ClFN2O2S. The van der Waals surface area contributed by atoms with E-state index in [-0.39, 0.29) is 16.0 Å². The van der Waals surface area contributed by atoms with Crippen LogP contribution in [0.15, 0.2) is 23.1 Å². The van der Waals surface area contributed by atoms with E-state index >= 15 is 0 Å². The van der Waals surface area contributed by atoms with E-state index in [1.165, 1.54) is 10.4 Å². The molecule has 1 heterocycles. The summed E-state index contributed by atoms with van der Waals surface area (Å²) >= 11 is 5.93. The van der Waals surface area contributed by atoms with Gasteiger partial charge in [0.25, 0.3) is 0 Å². The van der Waals surface area contributed by atoms with E-state index in [1.54, 1.807) is 0 Å². The first-order chi connectivity index (χ1) is 9.96. The van der Waals surface area contributed by atoms with Gasteiger partial charge in [0.2, 0.25) is 10.0 Å². The van der Waals surface area contributed by atoms with Gasteiger partial charge in [-0.2, -0.15) is 4.31 Å². The van der Waals surface area contributed by atoms with E-state index < -0.39 is 15.8 Å². The van der Waals surface area contributed by atoms with Crippen molar-refractivity contribution in [3.63, 3.8) is 0 Å². The van der Waals surface area contributed by atoms with E-state index in [0.29, 0.717) is 6.54 Å². The second-order valence-electron chi connectivity index (χ2n) is 5.23. The monoisotopic (exact) mass is 334 g/mol. The van der Waals surface area contributed by atoms with Crippen LogP contribution in [0.4, 0.5) is 4.39 Å². The van der Waals surface area contributed by atoms with Crippen molar-refractivity contribution in [3.05, 3.63) is 29.0 Å². The number of sulfonamides is 1.